The van der Waals surface area contributed by atoms with E-state index in [0.717, 1.165) is 38.5 Å². The molecule has 1 aromatic rings. The van der Waals surface area contributed by atoms with Gasteiger partial charge in [0.25, 0.3) is 0 Å². The van der Waals surface area contributed by atoms with Gasteiger partial charge in [0.15, 0.2) is 11.1 Å². The van der Waals surface area contributed by atoms with Crippen molar-refractivity contribution in [3.8, 4) is 0 Å². The van der Waals surface area contributed by atoms with Gasteiger partial charge in [0.05, 0.1) is 13.2 Å². The molecule has 1 aromatic heterocycles. The Bertz CT molecular complexity index is 586. The lowest BCUT2D eigenvalue weighted by atomic mass is 10.0. The van der Waals surface area contributed by atoms with Crippen molar-refractivity contribution in [2.45, 2.75) is 117 Å². The third-order valence-electron chi connectivity index (χ3n) is 5.27. The number of hydrogen-bond acceptors (Lipinski definition) is 6. The second-order valence-electron chi connectivity index (χ2n) is 7.68. The zero-order valence-corrected chi connectivity index (χ0v) is 20.3. The highest BCUT2D eigenvalue weighted by atomic mass is 31.2. The van der Waals surface area contributed by atoms with Gasteiger partial charge < -0.3 is 9.05 Å². The molecule has 7 nitrogen and oxygen atoms in total. The van der Waals surface area contributed by atoms with Gasteiger partial charge >= 0.3 is 7.60 Å². The number of rotatable bonds is 18. The lowest BCUT2D eigenvalue weighted by Gasteiger charge is -2.37. The van der Waals surface area contributed by atoms with Crippen molar-refractivity contribution in [3.05, 3.63) is 5.82 Å². The standard InChI is InChI=1S/C21H43N4O3P/c1-6-11-13-14-15-16-19-21(18-12-7-2,29(26,27-9-4)28-10-5)25-23-20(17-8-3)22-24-25/h6-19H2,1-5H3. The molecule has 0 bridgehead atoms. The summed E-state index contributed by atoms with van der Waals surface area (Å²) >= 11 is 0. The molecule has 0 aliphatic carbocycles. The molecule has 0 N–H and O–H groups in total. The summed E-state index contributed by atoms with van der Waals surface area (Å²) in [5, 5.41) is 12.4. The van der Waals surface area contributed by atoms with E-state index >= 15 is 0 Å². The first-order valence-electron chi connectivity index (χ1n) is 11.7. The molecule has 0 saturated heterocycles. The third kappa shape index (κ3) is 7.45. The quantitative estimate of drug-likeness (QED) is 0.196. The molecule has 0 aromatic carbocycles. The predicted octanol–water partition coefficient (Wildman–Crippen LogP) is 6.49. The van der Waals surface area contributed by atoms with Crippen LogP contribution in [0.4, 0.5) is 0 Å². The molecule has 0 aliphatic rings. The van der Waals surface area contributed by atoms with Crippen LogP contribution in [0.15, 0.2) is 0 Å². The van der Waals surface area contributed by atoms with Gasteiger partial charge in [-0.15, -0.1) is 15.0 Å². The Morgan fingerprint density at radius 1 is 0.828 bits per heavy atom. The maximum absolute atomic E-state index is 14.1. The Morgan fingerprint density at radius 2 is 1.41 bits per heavy atom. The first-order valence-corrected chi connectivity index (χ1v) is 13.3. The number of tetrazole rings is 1. The summed E-state index contributed by atoms with van der Waals surface area (Å²) in [7, 11) is -3.48. The van der Waals surface area contributed by atoms with Crippen LogP contribution >= 0.6 is 7.60 Å². The molecule has 1 unspecified atom stereocenters. The maximum atomic E-state index is 14.1. The van der Waals surface area contributed by atoms with Crippen LogP contribution in [0.1, 0.15) is 111 Å². The zero-order valence-electron chi connectivity index (χ0n) is 19.4. The summed E-state index contributed by atoms with van der Waals surface area (Å²) in [6, 6.07) is 0. The topological polar surface area (TPSA) is 79.1 Å². The molecule has 29 heavy (non-hydrogen) atoms. The molecule has 1 rings (SSSR count). The van der Waals surface area contributed by atoms with Crippen molar-refractivity contribution in [3.63, 3.8) is 0 Å². The number of aryl methyl sites for hydroxylation is 1. The first-order chi connectivity index (χ1) is 14.0. The SMILES string of the molecule is CCCCCCCCC(CCCC)(n1nnc(CCC)n1)P(=O)(OCC)OCC. The fraction of sp³-hybridized carbons (Fsp3) is 0.952. The van der Waals surface area contributed by atoms with E-state index in [1.54, 1.807) is 4.80 Å². The zero-order chi connectivity index (χ0) is 21.6. The molecule has 1 atom stereocenters. The fourth-order valence-electron chi connectivity index (χ4n) is 3.72. The lowest BCUT2D eigenvalue weighted by Crippen LogP contribution is -2.37. The van der Waals surface area contributed by atoms with Crippen molar-refractivity contribution in [1.29, 1.82) is 0 Å². The molecular formula is C21H43N4O3P. The Hall–Kier alpha value is -0.780. The molecule has 1 heterocycles. The Kier molecular flexibility index (Phi) is 12.9. The van der Waals surface area contributed by atoms with Crippen molar-refractivity contribution in [1.82, 2.24) is 20.2 Å². The summed E-state index contributed by atoms with van der Waals surface area (Å²) in [5.74, 6) is 0.691. The molecule has 0 saturated carbocycles. The van der Waals surface area contributed by atoms with Crippen LogP contribution in [0, 0.1) is 0 Å². The lowest BCUT2D eigenvalue weighted by molar-refractivity contribution is 0.145. The number of nitrogens with zero attached hydrogens (tertiary/aromatic N) is 4. The van der Waals surface area contributed by atoms with Crippen LogP contribution in [-0.2, 0) is 25.3 Å². The van der Waals surface area contributed by atoms with Crippen molar-refractivity contribution in [2.24, 2.45) is 0 Å². The van der Waals surface area contributed by atoms with Crippen LogP contribution in [-0.4, -0.2) is 33.4 Å². The van der Waals surface area contributed by atoms with E-state index in [-0.39, 0.29) is 0 Å². The van der Waals surface area contributed by atoms with Crippen molar-refractivity contribution in [2.75, 3.05) is 13.2 Å². The second-order valence-corrected chi connectivity index (χ2v) is 10.0. The minimum Gasteiger partial charge on any atom is -0.307 e. The summed E-state index contributed by atoms with van der Waals surface area (Å²) in [5.41, 5.74) is 0. The molecule has 8 heteroatoms. The van der Waals surface area contributed by atoms with E-state index in [1.165, 1.54) is 25.7 Å². The molecule has 0 fully saturated rings. The number of aromatic nitrogens is 4. The molecule has 0 radical (unpaired) electrons. The van der Waals surface area contributed by atoms with Gasteiger partial charge in [0.1, 0.15) is 0 Å². The summed E-state index contributed by atoms with van der Waals surface area (Å²) in [6.45, 7) is 10.8. The Labute approximate surface area is 177 Å². The van der Waals surface area contributed by atoms with Crippen molar-refractivity contribution >= 4 is 7.60 Å². The average molecular weight is 431 g/mol. The highest BCUT2D eigenvalue weighted by molar-refractivity contribution is 7.54. The Balaban J connectivity index is 3.24. The highest BCUT2D eigenvalue weighted by Gasteiger charge is 2.53. The molecule has 170 valence electrons. The highest BCUT2D eigenvalue weighted by Crippen LogP contribution is 2.66. The van der Waals surface area contributed by atoms with E-state index in [1.807, 2.05) is 13.8 Å². The van der Waals surface area contributed by atoms with Crippen molar-refractivity contribution < 1.29 is 13.6 Å². The van der Waals surface area contributed by atoms with Gasteiger partial charge in [-0.3, -0.25) is 4.57 Å². The normalized spacial score (nSPS) is 14.2. The van der Waals surface area contributed by atoms with E-state index in [2.05, 4.69) is 36.2 Å². The van der Waals surface area contributed by atoms with Gasteiger partial charge in [0, 0.05) is 6.42 Å². The molecule has 0 spiro atoms. The smallest absolute Gasteiger partial charge is 0.307 e. The van der Waals surface area contributed by atoms with Gasteiger partial charge in [-0.1, -0.05) is 72.1 Å². The van der Waals surface area contributed by atoms with Crippen LogP contribution in [0.5, 0.6) is 0 Å². The van der Waals surface area contributed by atoms with Gasteiger partial charge in [-0.25, -0.2) is 0 Å². The van der Waals surface area contributed by atoms with Crippen LogP contribution < -0.4 is 0 Å². The maximum Gasteiger partial charge on any atom is 0.359 e. The summed E-state index contributed by atoms with van der Waals surface area (Å²) in [4.78, 5) is 1.59. The Morgan fingerprint density at radius 3 is 2.00 bits per heavy atom. The third-order valence-corrected chi connectivity index (χ3v) is 8.11. The summed E-state index contributed by atoms with van der Waals surface area (Å²) < 4.78 is 25.8. The summed E-state index contributed by atoms with van der Waals surface area (Å²) in [6.07, 6.45) is 11.9. The molecular weight excluding hydrogens is 387 g/mol. The monoisotopic (exact) mass is 430 g/mol. The second kappa shape index (κ2) is 14.3. The minimum absolute atomic E-state index is 0.332. The van der Waals surface area contributed by atoms with E-state index < -0.39 is 12.9 Å². The predicted molar refractivity (Wildman–Crippen MR) is 118 cm³/mol. The first kappa shape index (κ1) is 26.3. The van der Waals surface area contributed by atoms with Gasteiger partial charge in [0.2, 0.25) is 0 Å². The minimum atomic E-state index is -3.48. The average Bonchev–Trinajstić information content (AvgIpc) is 3.16. The van der Waals surface area contributed by atoms with E-state index in [0.29, 0.717) is 31.9 Å². The van der Waals surface area contributed by atoms with Crippen LogP contribution in [0.2, 0.25) is 0 Å². The fourth-order valence-corrected chi connectivity index (χ4v) is 6.12. The van der Waals surface area contributed by atoms with E-state index in [4.69, 9.17) is 9.05 Å². The van der Waals surface area contributed by atoms with Crippen LogP contribution in [0.25, 0.3) is 0 Å². The largest absolute Gasteiger partial charge is 0.359 e. The van der Waals surface area contributed by atoms with Gasteiger partial charge in [-0.05, 0) is 38.3 Å². The number of unbranched alkanes of at least 4 members (excludes halogenated alkanes) is 6. The molecule has 0 amide bonds. The van der Waals surface area contributed by atoms with E-state index in [9.17, 15) is 4.57 Å². The van der Waals surface area contributed by atoms with Gasteiger partial charge in [-0.2, -0.15) is 0 Å². The number of hydrogen-bond donors (Lipinski definition) is 0. The van der Waals surface area contributed by atoms with Crippen LogP contribution in [0.3, 0.4) is 0 Å². The molecule has 0 aliphatic heterocycles.